The summed E-state index contributed by atoms with van der Waals surface area (Å²) >= 11 is 0. The third kappa shape index (κ3) is 5.30. The Bertz CT molecular complexity index is 595. The van der Waals surface area contributed by atoms with Crippen LogP contribution < -0.4 is 5.32 Å². The van der Waals surface area contributed by atoms with E-state index in [1.807, 2.05) is 6.92 Å². The van der Waals surface area contributed by atoms with Gasteiger partial charge in [-0.15, -0.1) is 0 Å². The molecule has 0 radical (unpaired) electrons. The van der Waals surface area contributed by atoms with Gasteiger partial charge in [-0.3, -0.25) is 4.79 Å². The number of methoxy groups -OCH3 is 1. The zero-order valence-corrected chi connectivity index (χ0v) is 13.9. The van der Waals surface area contributed by atoms with Crippen molar-refractivity contribution in [1.82, 2.24) is 5.32 Å². The molecule has 1 aromatic carbocycles. The average molecular weight is 334 g/mol. The van der Waals surface area contributed by atoms with Crippen LogP contribution in [0.3, 0.4) is 0 Å². The number of carbonyl (C=O) groups is 1. The zero-order chi connectivity index (χ0) is 16.0. The molecule has 0 aromatic heterocycles. The molecule has 0 aliphatic heterocycles. The Morgan fingerprint density at radius 1 is 1.43 bits per heavy atom. The van der Waals surface area contributed by atoms with Crippen molar-refractivity contribution in [3.05, 3.63) is 29.3 Å². The van der Waals surface area contributed by atoms with Crippen LogP contribution in [0.25, 0.3) is 0 Å². The summed E-state index contributed by atoms with van der Waals surface area (Å²) in [6.45, 7) is 4.14. The van der Waals surface area contributed by atoms with Crippen LogP contribution in [0.4, 0.5) is 0 Å². The summed E-state index contributed by atoms with van der Waals surface area (Å²) < 4.78 is 27.6. The molecule has 0 spiro atoms. The number of hydrogen-bond donors (Lipinski definition) is 1. The number of nitrogens with one attached hydrogen (secondary N) is 1. The molecule has 0 fully saturated rings. The monoisotopic (exact) mass is 333 g/mol. The second kappa shape index (κ2) is 7.77. The van der Waals surface area contributed by atoms with Crippen LogP contribution in [-0.4, -0.2) is 34.1 Å². The van der Waals surface area contributed by atoms with E-state index in [4.69, 9.17) is 15.4 Å². The summed E-state index contributed by atoms with van der Waals surface area (Å²) in [4.78, 5) is 12.2. The minimum absolute atomic E-state index is 0.0137. The van der Waals surface area contributed by atoms with Crippen LogP contribution in [0.1, 0.15) is 35.7 Å². The molecule has 0 heterocycles. The van der Waals surface area contributed by atoms with E-state index in [1.54, 1.807) is 14.0 Å². The standard InChI is InChI=1S/C14H20ClNO4S/c1-4-5-11(9-20-3)16-14(17)13-7-6-12(8-10(13)2)21(15,18)19/h6-8,11H,4-5,9H2,1-3H3,(H,16,17). The Balaban J connectivity index is 2.92. The van der Waals surface area contributed by atoms with E-state index in [0.29, 0.717) is 17.7 Å². The number of aryl methyl sites for hydroxylation is 1. The van der Waals surface area contributed by atoms with Gasteiger partial charge in [-0.1, -0.05) is 13.3 Å². The first kappa shape index (κ1) is 17.9. The van der Waals surface area contributed by atoms with Gasteiger partial charge in [0.1, 0.15) is 0 Å². The molecular formula is C14H20ClNO4S. The molecule has 1 aromatic rings. The highest BCUT2D eigenvalue weighted by molar-refractivity contribution is 8.13. The molecule has 1 amide bonds. The molecule has 5 nitrogen and oxygen atoms in total. The van der Waals surface area contributed by atoms with Crippen LogP contribution in [0.15, 0.2) is 23.1 Å². The molecule has 0 aliphatic rings. The summed E-state index contributed by atoms with van der Waals surface area (Å²) in [6, 6.07) is 4.12. The number of amides is 1. The van der Waals surface area contributed by atoms with Gasteiger partial charge in [0.2, 0.25) is 0 Å². The maximum Gasteiger partial charge on any atom is 0.261 e. The molecule has 1 atom stereocenters. The Kier molecular flexibility index (Phi) is 6.64. The van der Waals surface area contributed by atoms with Crippen molar-refractivity contribution in [3.63, 3.8) is 0 Å². The fourth-order valence-electron chi connectivity index (χ4n) is 2.05. The Morgan fingerprint density at radius 3 is 2.57 bits per heavy atom. The lowest BCUT2D eigenvalue weighted by Gasteiger charge is -2.18. The summed E-state index contributed by atoms with van der Waals surface area (Å²) in [7, 11) is 3.08. The number of carbonyl (C=O) groups excluding carboxylic acids is 1. The lowest BCUT2D eigenvalue weighted by Crippen LogP contribution is -2.38. The number of halogens is 1. The smallest absolute Gasteiger partial charge is 0.261 e. The predicted molar refractivity (Wildman–Crippen MR) is 82.3 cm³/mol. The first-order chi connectivity index (χ1) is 9.79. The Hall–Kier alpha value is -1.11. The largest absolute Gasteiger partial charge is 0.383 e. The molecule has 21 heavy (non-hydrogen) atoms. The van der Waals surface area contributed by atoms with Gasteiger partial charge >= 0.3 is 0 Å². The van der Waals surface area contributed by atoms with E-state index in [2.05, 4.69) is 5.32 Å². The van der Waals surface area contributed by atoms with Gasteiger partial charge in [-0.05, 0) is 37.1 Å². The van der Waals surface area contributed by atoms with E-state index in [-0.39, 0.29) is 16.8 Å². The second-order valence-corrected chi connectivity index (χ2v) is 7.39. The van der Waals surface area contributed by atoms with Gasteiger partial charge < -0.3 is 10.1 Å². The van der Waals surface area contributed by atoms with Gasteiger partial charge in [0.15, 0.2) is 0 Å². The highest BCUT2D eigenvalue weighted by atomic mass is 35.7. The minimum atomic E-state index is -3.79. The molecule has 1 rings (SSSR count). The summed E-state index contributed by atoms with van der Waals surface area (Å²) in [5.41, 5.74) is 0.984. The van der Waals surface area contributed by atoms with Gasteiger partial charge in [-0.2, -0.15) is 0 Å². The first-order valence-corrected chi connectivity index (χ1v) is 8.95. The maximum atomic E-state index is 12.2. The van der Waals surface area contributed by atoms with Crippen molar-refractivity contribution in [2.75, 3.05) is 13.7 Å². The summed E-state index contributed by atoms with van der Waals surface area (Å²) in [6.07, 6.45) is 1.74. The van der Waals surface area contributed by atoms with Crippen molar-refractivity contribution in [3.8, 4) is 0 Å². The number of rotatable bonds is 7. The van der Waals surface area contributed by atoms with E-state index >= 15 is 0 Å². The lowest BCUT2D eigenvalue weighted by atomic mass is 10.1. The molecule has 7 heteroatoms. The number of ether oxygens (including phenoxy) is 1. The molecule has 1 N–H and O–H groups in total. The summed E-state index contributed by atoms with van der Waals surface area (Å²) in [5, 5.41) is 2.89. The SMILES string of the molecule is CCCC(COC)NC(=O)c1ccc(S(=O)(=O)Cl)cc1C. The van der Waals surface area contributed by atoms with Crippen LogP contribution in [-0.2, 0) is 13.8 Å². The Labute approximate surface area is 130 Å². The quantitative estimate of drug-likeness (QED) is 0.778. The van der Waals surface area contributed by atoms with Crippen LogP contribution in [0.5, 0.6) is 0 Å². The predicted octanol–water partition coefficient (Wildman–Crippen LogP) is 2.47. The zero-order valence-electron chi connectivity index (χ0n) is 12.3. The normalized spacial score (nSPS) is 13.0. The number of benzene rings is 1. The molecule has 1 unspecified atom stereocenters. The maximum absolute atomic E-state index is 12.2. The first-order valence-electron chi connectivity index (χ1n) is 6.64. The second-order valence-electron chi connectivity index (χ2n) is 4.83. The molecule has 0 bridgehead atoms. The molecule has 0 saturated carbocycles. The minimum Gasteiger partial charge on any atom is -0.383 e. The van der Waals surface area contributed by atoms with Crippen molar-refractivity contribution >= 4 is 25.6 Å². The number of hydrogen-bond acceptors (Lipinski definition) is 4. The molecule has 118 valence electrons. The fraction of sp³-hybridized carbons (Fsp3) is 0.500. The van der Waals surface area contributed by atoms with E-state index in [9.17, 15) is 13.2 Å². The molecular weight excluding hydrogens is 314 g/mol. The third-order valence-electron chi connectivity index (χ3n) is 3.06. The van der Waals surface area contributed by atoms with E-state index in [1.165, 1.54) is 18.2 Å². The van der Waals surface area contributed by atoms with Crippen LogP contribution >= 0.6 is 10.7 Å². The van der Waals surface area contributed by atoms with E-state index < -0.39 is 9.05 Å². The van der Waals surface area contributed by atoms with Crippen LogP contribution in [0, 0.1) is 6.92 Å². The van der Waals surface area contributed by atoms with Gasteiger partial charge in [0.25, 0.3) is 15.0 Å². The van der Waals surface area contributed by atoms with Crippen molar-refractivity contribution in [2.24, 2.45) is 0 Å². The van der Waals surface area contributed by atoms with Gasteiger partial charge in [0.05, 0.1) is 17.5 Å². The topological polar surface area (TPSA) is 72.5 Å². The Morgan fingerprint density at radius 2 is 2.10 bits per heavy atom. The molecule has 0 saturated heterocycles. The highest BCUT2D eigenvalue weighted by Crippen LogP contribution is 2.19. The van der Waals surface area contributed by atoms with Crippen molar-refractivity contribution in [2.45, 2.75) is 37.6 Å². The van der Waals surface area contributed by atoms with Crippen molar-refractivity contribution < 1.29 is 17.9 Å². The fourth-order valence-corrected chi connectivity index (χ4v) is 2.89. The molecule has 0 aliphatic carbocycles. The van der Waals surface area contributed by atoms with E-state index in [0.717, 1.165) is 12.8 Å². The lowest BCUT2D eigenvalue weighted by molar-refractivity contribution is 0.0891. The van der Waals surface area contributed by atoms with Crippen LogP contribution in [0.2, 0.25) is 0 Å². The summed E-state index contributed by atoms with van der Waals surface area (Å²) in [5.74, 6) is -0.249. The highest BCUT2D eigenvalue weighted by Gasteiger charge is 2.17. The van der Waals surface area contributed by atoms with Crippen molar-refractivity contribution in [1.29, 1.82) is 0 Å². The average Bonchev–Trinajstić information content (AvgIpc) is 2.37. The van der Waals surface area contributed by atoms with Gasteiger partial charge in [0, 0.05) is 23.4 Å². The third-order valence-corrected chi connectivity index (χ3v) is 4.42. The van der Waals surface area contributed by atoms with Gasteiger partial charge in [-0.25, -0.2) is 8.42 Å².